The van der Waals surface area contributed by atoms with Crippen molar-refractivity contribution in [2.45, 2.75) is 45.1 Å². The molecule has 2 aromatic heterocycles. The van der Waals surface area contributed by atoms with Crippen LogP contribution in [0.3, 0.4) is 0 Å². The average molecular weight is 462 g/mol. The first-order chi connectivity index (χ1) is 14.7. The molecule has 0 atom stereocenters. The third kappa shape index (κ3) is 5.78. The Kier molecular flexibility index (Phi) is 7.24. The van der Waals surface area contributed by atoms with Gasteiger partial charge in [0.2, 0.25) is 5.91 Å². The van der Waals surface area contributed by atoms with E-state index in [0.29, 0.717) is 11.0 Å². The molecule has 10 heteroatoms. The van der Waals surface area contributed by atoms with Crippen LogP contribution >= 0.6 is 11.3 Å². The normalized spacial score (nSPS) is 11.6. The van der Waals surface area contributed by atoms with Crippen molar-refractivity contribution in [2.24, 2.45) is 7.05 Å². The van der Waals surface area contributed by atoms with E-state index in [1.807, 2.05) is 19.1 Å². The molecule has 2 N–H and O–H groups in total. The fraction of sp³-hybridized carbons (Fsp3) is 0.381. The lowest BCUT2D eigenvalue weighted by Gasteiger charge is -2.04. The second kappa shape index (κ2) is 9.71. The van der Waals surface area contributed by atoms with E-state index in [-0.39, 0.29) is 23.9 Å². The molecule has 1 amide bonds. The standard InChI is InChI=1S/C21H27N5O3S2/c1-5-6-16-7-9-17(10-8-16)20-14(2)30-21(25-20)24-18(27)11-12-22-31(28,29)19-13-26(4)15(3)23-19/h7-10,13,22H,5-6,11-12H2,1-4H3,(H,24,25,27). The van der Waals surface area contributed by atoms with E-state index in [4.69, 9.17) is 0 Å². The minimum atomic E-state index is -3.75. The third-order valence-electron chi connectivity index (χ3n) is 4.81. The second-order valence-electron chi connectivity index (χ2n) is 7.30. The van der Waals surface area contributed by atoms with Gasteiger partial charge in [0.25, 0.3) is 10.0 Å². The summed E-state index contributed by atoms with van der Waals surface area (Å²) in [5, 5.41) is 3.20. The number of thiazole rings is 1. The minimum Gasteiger partial charge on any atom is -0.337 e. The van der Waals surface area contributed by atoms with Gasteiger partial charge in [0.15, 0.2) is 10.2 Å². The number of amides is 1. The molecule has 0 aliphatic carbocycles. The first-order valence-corrected chi connectivity index (χ1v) is 12.4. The predicted molar refractivity (Wildman–Crippen MR) is 123 cm³/mol. The number of anilines is 1. The van der Waals surface area contributed by atoms with Crippen LogP contribution in [0, 0.1) is 13.8 Å². The molecule has 166 valence electrons. The van der Waals surface area contributed by atoms with Crippen LogP contribution in [-0.4, -0.2) is 35.4 Å². The molecule has 1 aromatic carbocycles. The van der Waals surface area contributed by atoms with E-state index in [0.717, 1.165) is 29.0 Å². The molecule has 0 unspecified atom stereocenters. The molecule has 0 bridgehead atoms. The van der Waals surface area contributed by atoms with Gasteiger partial charge in [0.1, 0.15) is 5.82 Å². The van der Waals surface area contributed by atoms with Crippen LogP contribution in [0.2, 0.25) is 0 Å². The molecule has 0 saturated heterocycles. The van der Waals surface area contributed by atoms with Crippen molar-refractivity contribution in [1.82, 2.24) is 19.3 Å². The number of benzene rings is 1. The fourth-order valence-electron chi connectivity index (χ4n) is 3.05. The van der Waals surface area contributed by atoms with Crippen molar-refractivity contribution in [3.63, 3.8) is 0 Å². The lowest BCUT2D eigenvalue weighted by molar-refractivity contribution is -0.116. The maximum absolute atomic E-state index is 12.3. The molecule has 3 rings (SSSR count). The number of imidazole rings is 1. The zero-order valence-electron chi connectivity index (χ0n) is 18.1. The Hall–Kier alpha value is -2.56. The number of carbonyl (C=O) groups excluding carboxylic acids is 1. The van der Waals surface area contributed by atoms with Gasteiger partial charge >= 0.3 is 0 Å². The smallest absolute Gasteiger partial charge is 0.259 e. The highest BCUT2D eigenvalue weighted by Crippen LogP contribution is 2.30. The Morgan fingerprint density at radius 1 is 1.16 bits per heavy atom. The van der Waals surface area contributed by atoms with Crippen LogP contribution < -0.4 is 10.0 Å². The Labute approximate surface area is 186 Å². The van der Waals surface area contributed by atoms with Gasteiger partial charge in [0, 0.05) is 36.7 Å². The summed E-state index contributed by atoms with van der Waals surface area (Å²) in [4.78, 5) is 21.8. The molecular formula is C21H27N5O3S2. The Bertz CT molecular complexity index is 1140. The molecule has 0 saturated carbocycles. The van der Waals surface area contributed by atoms with Gasteiger partial charge in [-0.25, -0.2) is 23.1 Å². The van der Waals surface area contributed by atoms with Gasteiger partial charge in [0.05, 0.1) is 5.69 Å². The highest BCUT2D eigenvalue weighted by molar-refractivity contribution is 7.89. The highest BCUT2D eigenvalue weighted by Gasteiger charge is 2.19. The summed E-state index contributed by atoms with van der Waals surface area (Å²) in [6.45, 7) is 5.81. The van der Waals surface area contributed by atoms with Crippen molar-refractivity contribution < 1.29 is 13.2 Å². The summed E-state index contributed by atoms with van der Waals surface area (Å²) in [6.07, 6.45) is 3.57. The number of nitrogens with one attached hydrogen (secondary N) is 2. The zero-order valence-corrected chi connectivity index (χ0v) is 19.7. The van der Waals surface area contributed by atoms with Crippen LogP contribution in [0.5, 0.6) is 0 Å². The Balaban J connectivity index is 1.57. The molecular weight excluding hydrogens is 434 g/mol. The predicted octanol–water partition coefficient (Wildman–Crippen LogP) is 3.42. The van der Waals surface area contributed by atoms with Gasteiger partial charge in [-0.1, -0.05) is 37.6 Å². The summed E-state index contributed by atoms with van der Waals surface area (Å²) in [5.74, 6) is 0.284. The van der Waals surface area contributed by atoms with Gasteiger partial charge in [-0.3, -0.25) is 4.79 Å². The van der Waals surface area contributed by atoms with E-state index in [2.05, 4.69) is 39.1 Å². The quantitative estimate of drug-likeness (QED) is 0.508. The van der Waals surface area contributed by atoms with Crippen molar-refractivity contribution in [3.05, 3.63) is 46.7 Å². The number of hydrogen-bond donors (Lipinski definition) is 2. The monoisotopic (exact) mass is 461 g/mol. The van der Waals surface area contributed by atoms with E-state index in [9.17, 15) is 13.2 Å². The van der Waals surface area contributed by atoms with Crippen LogP contribution in [0.4, 0.5) is 5.13 Å². The number of aryl methyl sites for hydroxylation is 4. The van der Waals surface area contributed by atoms with E-state index < -0.39 is 10.0 Å². The molecule has 31 heavy (non-hydrogen) atoms. The number of carbonyl (C=O) groups is 1. The number of aromatic nitrogens is 3. The van der Waals surface area contributed by atoms with Gasteiger partial charge < -0.3 is 9.88 Å². The molecule has 0 spiro atoms. The Morgan fingerprint density at radius 2 is 1.87 bits per heavy atom. The molecule has 0 fully saturated rings. The van der Waals surface area contributed by atoms with Crippen molar-refractivity contribution in [3.8, 4) is 11.3 Å². The van der Waals surface area contributed by atoms with Gasteiger partial charge in [-0.2, -0.15) is 0 Å². The molecule has 2 heterocycles. The van der Waals surface area contributed by atoms with E-state index in [1.165, 1.54) is 23.1 Å². The molecule has 0 radical (unpaired) electrons. The zero-order chi connectivity index (χ0) is 22.6. The molecule has 8 nitrogen and oxygen atoms in total. The number of hydrogen-bond acceptors (Lipinski definition) is 6. The number of rotatable bonds is 9. The van der Waals surface area contributed by atoms with E-state index in [1.54, 1.807) is 18.5 Å². The molecule has 0 aliphatic heterocycles. The SMILES string of the molecule is CCCc1ccc(-c2nc(NC(=O)CCNS(=O)(=O)c3cn(C)c(C)n3)sc2C)cc1. The largest absolute Gasteiger partial charge is 0.337 e. The van der Waals surface area contributed by atoms with Gasteiger partial charge in [-0.15, -0.1) is 11.3 Å². The summed E-state index contributed by atoms with van der Waals surface area (Å²) in [7, 11) is -2.03. The summed E-state index contributed by atoms with van der Waals surface area (Å²) >= 11 is 1.40. The first kappa shape index (κ1) is 23.1. The second-order valence-corrected chi connectivity index (χ2v) is 10.2. The van der Waals surface area contributed by atoms with Crippen molar-refractivity contribution in [2.75, 3.05) is 11.9 Å². The van der Waals surface area contributed by atoms with Crippen LogP contribution in [0.15, 0.2) is 35.5 Å². The lowest BCUT2D eigenvalue weighted by Crippen LogP contribution is -2.28. The maximum Gasteiger partial charge on any atom is 0.259 e. The van der Waals surface area contributed by atoms with Crippen molar-refractivity contribution in [1.29, 1.82) is 0 Å². The third-order valence-corrected chi connectivity index (χ3v) is 7.03. The molecule has 0 aliphatic rings. The minimum absolute atomic E-state index is 0.00920. The van der Waals surface area contributed by atoms with Crippen LogP contribution in [0.25, 0.3) is 11.3 Å². The average Bonchev–Trinajstić information content (AvgIpc) is 3.24. The van der Waals surface area contributed by atoms with E-state index >= 15 is 0 Å². The highest BCUT2D eigenvalue weighted by atomic mass is 32.2. The Morgan fingerprint density at radius 3 is 2.48 bits per heavy atom. The summed E-state index contributed by atoms with van der Waals surface area (Å²) in [5.41, 5.74) is 3.14. The topological polar surface area (TPSA) is 106 Å². The number of nitrogens with zero attached hydrogens (tertiary/aromatic N) is 3. The summed E-state index contributed by atoms with van der Waals surface area (Å²) < 4.78 is 28.6. The van der Waals surface area contributed by atoms with Gasteiger partial charge in [-0.05, 0) is 25.8 Å². The lowest BCUT2D eigenvalue weighted by atomic mass is 10.1. The van der Waals surface area contributed by atoms with Crippen LogP contribution in [-0.2, 0) is 28.3 Å². The maximum atomic E-state index is 12.3. The fourth-order valence-corrected chi connectivity index (χ4v) is 4.97. The first-order valence-electron chi connectivity index (χ1n) is 10.1. The summed E-state index contributed by atoms with van der Waals surface area (Å²) in [6, 6.07) is 8.30. The van der Waals surface area contributed by atoms with Crippen LogP contribution in [0.1, 0.15) is 36.0 Å². The molecule has 3 aromatic rings. The van der Waals surface area contributed by atoms with Crippen molar-refractivity contribution >= 4 is 32.4 Å². The number of sulfonamides is 1.